The largest absolute Gasteiger partial charge is 0.361 e. The second kappa shape index (κ2) is 7.56. The molecule has 1 spiro atoms. The van der Waals surface area contributed by atoms with Crippen molar-refractivity contribution in [2.75, 3.05) is 19.6 Å². The molecule has 0 bridgehead atoms. The fourth-order valence-corrected chi connectivity index (χ4v) is 4.74. The molecule has 1 amide bonds. The zero-order valence-corrected chi connectivity index (χ0v) is 17.7. The van der Waals surface area contributed by atoms with E-state index >= 15 is 0 Å². The van der Waals surface area contributed by atoms with Gasteiger partial charge in [-0.05, 0) is 51.3 Å². The van der Waals surface area contributed by atoms with Crippen molar-refractivity contribution in [2.24, 2.45) is 0 Å². The van der Waals surface area contributed by atoms with Gasteiger partial charge in [-0.15, -0.1) is 5.10 Å². The standard InChI is InChI=1S/C22H25FN6O2/c1-15-19(16(2)31-26-15)12-28-10-8-22(28)7-4-9-27(13-22)21(30)20-24-14-29(25-20)18-6-3-5-17(23)11-18/h3,5-6,11,14H,4,7-10,12-13H2,1-2H3/t22-/m0/s1. The van der Waals surface area contributed by atoms with Crippen LogP contribution in [0.2, 0.25) is 0 Å². The maximum absolute atomic E-state index is 13.5. The molecular weight excluding hydrogens is 399 g/mol. The highest BCUT2D eigenvalue weighted by molar-refractivity contribution is 5.90. The summed E-state index contributed by atoms with van der Waals surface area (Å²) in [6, 6.07) is 6.06. The van der Waals surface area contributed by atoms with Crippen molar-refractivity contribution in [1.82, 2.24) is 29.7 Å². The van der Waals surface area contributed by atoms with E-state index in [9.17, 15) is 9.18 Å². The predicted molar refractivity (Wildman–Crippen MR) is 110 cm³/mol. The maximum Gasteiger partial charge on any atom is 0.293 e. The number of nitrogens with zero attached hydrogens (tertiary/aromatic N) is 6. The molecule has 4 heterocycles. The lowest BCUT2D eigenvalue weighted by Crippen LogP contribution is -2.67. The monoisotopic (exact) mass is 424 g/mol. The van der Waals surface area contributed by atoms with Crippen molar-refractivity contribution in [3.05, 3.63) is 59.3 Å². The molecule has 8 nitrogen and oxygen atoms in total. The van der Waals surface area contributed by atoms with E-state index in [0.717, 1.165) is 49.4 Å². The Balaban J connectivity index is 1.31. The van der Waals surface area contributed by atoms with Gasteiger partial charge in [0.2, 0.25) is 5.82 Å². The van der Waals surface area contributed by atoms with Gasteiger partial charge < -0.3 is 9.42 Å². The first-order valence-corrected chi connectivity index (χ1v) is 10.6. The van der Waals surface area contributed by atoms with Gasteiger partial charge in [0.25, 0.3) is 5.91 Å². The summed E-state index contributed by atoms with van der Waals surface area (Å²) in [4.78, 5) is 21.6. The summed E-state index contributed by atoms with van der Waals surface area (Å²) in [6.07, 6.45) is 4.51. The molecule has 2 saturated heterocycles. The van der Waals surface area contributed by atoms with Gasteiger partial charge in [0.05, 0.1) is 11.4 Å². The van der Waals surface area contributed by atoms with Gasteiger partial charge in [0.1, 0.15) is 17.9 Å². The molecular formula is C22H25FN6O2. The third kappa shape index (κ3) is 3.52. The van der Waals surface area contributed by atoms with Crippen LogP contribution >= 0.6 is 0 Å². The number of rotatable bonds is 4. The van der Waals surface area contributed by atoms with Crippen LogP contribution < -0.4 is 0 Å². The van der Waals surface area contributed by atoms with Crippen LogP contribution in [0.3, 0.4) is 0 Å². The second-order valence-corrected chi connectivity index (χ2v) is 8.52. The minimum absolute atomic E-state index is 0.0187. The van der Waals surface area contributed by atoms with Gasteiger partial charge in [-0.3, -0.25) is 9.69 Å². The van der Waals surface area contributed by atoms with Crippen LogP contribution in [0.4, 0.5) is 4.39 Å². The van der Waals surface area contributed by atoms with Gasteiger partial charge in [0, 0.05) is 37.3 Å². The molecule has 162 valence electrons. The number of benzene rings is 1. The SMILES string of the molecule is Cc1noc(C)c1CN1CC[C@]12CCCN(C(=O)c1ncn(-c3cccc(F)c3)n1)C2. The lowest BCUT2D eigenvalue weighted by Gasteiger charge is -2.57. The molecule has 5 rings (SSSR count). The summed E-state index contributed by atoms with van der Waals surface area (Å²) in [5, 5.41) is 8.37. The van der Waals surface area contributed by atoms with Crippen LogP contribution in [0.5, 0.6) is 0 Å². The first-order valence-electron chi connectivity index (χ1n) is 10.6. The van der Waals surface area contributed by atoms with Crippen LogP contribution in [0.1, 0.15) is 46.9 Å². The van der Waals surface area contributed by atoms with E-state index in [1.54, 1.807) is 12.1 Å². The summed E-state index contributed by atoms with van der Waals surface area (Å²) < 4.78 is 20.3. The fourth-order valence-electron chi connectivity index (χ4n) is 4.74. The van der Waals surface area contributed by atoms with Crippen LogP contribution in [-0.2, 0) is 6.54 Å². The van der Waals surface area contributed by atoms with E-state index in [-0.39, 0.29) is 23.1 Å². The number of aryl methyl sites for hydroxylation is 2. The Labute approximate surface area is 179 Å². The summed E-state index contributed by atoms with van der Waals surface area (Å²) >= 11 is 0. The maximum atomic E-state index is 13.5. The minimum Gasteiger partial charge on any atom is -0.361 e. The normalized spacial score (nSPS) is 21.5. The smallest absolute Gasteiger partial charge is 0.293 e. The number of amides is 1. The molecule has 0 aliphatic carbocycles. The highest BCUT2D eigenvalue weighted by atomic mass is 19.1. The molecule has 2 aliphatic heterocycles. The number of aromatic nitrogens is 4. The number of likely N-dealkylation sites (tertiary alicyclic amines) is 2. The second-order valence-electron chi connectivity index (χ2n) is 8.52. The number of hydrogen-bond donors (Lipinski definition) is 0. The topological polar surface area (TPSA) is 80.3 Å². The van der Waals surface area contributed by atoms with Gasteiger partial charge in [-0.25, -0.2) is 14.1 Å². The average molecular weight is 424 g/mol. The first kappa shape index (κ1) is 19.9. The zero-order chi connectivity index (χ0) is 21.6. The minimum atomic E-state index is -0.359. The Hall–Kier alpha value is -3.07. The van der Waals surface area contributed by atoms with Crippen molar-refractivity contribution in [3.63, 3.8) is 0 Å². The van der Waals surface area contributed by atoms with Crippen molar-refractivity contribution in [1.29, 1.82) is 0 Å². The molecule has 3 aromatic rings. The summed E-state index contributed by atoms with van der Waals surface area (Å²) in [5.41, 5.74) is 2.58. The van der Waals surface area contributed by atoms with Crippen molar-refractivity contribution < 1.29 is 13.7 Å². The number of carbonyl (C=O) groups excluding carboxylic acids is 1. The lowest BCUT2D eigenvalue weighted by molar-refractivity contribution is -0.0653. The third-order valence-electron chi connectivity index (χ3n) is 6.65. The van der Waals surface area contributed by atoms with E-state index in [0.29, 0.717) is 18.8 Å². The Morgan fingerprint density at radius 1 is 1.26 bits per heavy atom. The molecule has 1 atom stereocenters. The highest BCUT2D eigenvalue weighted by Crippen LogP contribution is 2.40. The number of carbonyl (C=O) groups is 1. The molecule has 0 radical (unpaired) electrons. The van der Waals surface area contributed by atoms with E-state index in [2.05, 4.69) is 20.1 Å². The Kier molecular flexibility index (Phi) is 4.85. The van der Waals surface area contributed by atoms with Crippen LogP contribution in [0, 0.1) is 19.7 Å². The molecule has 2 fully saturated rings. The molecule has 1 aromatic carbocycles. The third-order valence-corrected chi connectivity index (χ3v) is 6.65. The molecule has 0 N–H and O–H groups in total. The zero-order valence-electron chi connectivity index (χ0n) is 17.7. The molecule has 9 heteroatoms. The van der Waals surface area contributed by atoms with Crippen molar-refractivity contribution in [3.8, 4) is 5.69 Å². The Bertz CT molecular complexity index is 1110. The molecule has 0 saturated carbocycles. The number of halogens is 1. The first-order chi connectivity index (χ1) is 14.9. The molecule has 31 heavy (non-hydrogen) atoms. The molecule has 2 aromatic heterocycles. The van der Waals surface area contributed by atoms with Crippen LogP contribution in [0.15, 0.2) is 35.1 Å². The fraction of sp³-hybridized carbons (Fsp3) is 0.455. The van der Waals surface area contributed by atoms with Crippen molar-refractivity contribution >= 4 is 5.91 Å². The molecule has 0 unspecified atom stereocenters. The van der Waals surface area contributed by atoms with Gasteiger partial charge in [-0.1, -0.05) is 11.2 Å². The Morgan fingerprint density at radius 3 is 2.84 bits per heavy atom. The quantitative estimate of drug-likeness (QED) is 0.641. The summed E-state index contributed by atoms with van der Waals surface area (Å²) in [7, 11) is 0. The van der Waals surface area contributed by atoms with Gasteiger partial charge >= 0.3 is 0 Å². The van der Waals surface area contributed by atoms with E-state index in [1.165, 1.54) is 23.1 Å². The van der Waals surface area contributed by atoms with Crippen molar-refractivity contribution in [2.45, 2.75) is 45.2 Å². The predicted octanol–water partition coefficient (Wildman–Crippen LogP) is 2.89. The summed E-state index contributed by atoms with van der Waals surface area (Å²) in [6.45, 7) is 7.04. The van der Waals surface area contributed by atoms with Crippen LogP contribution in [0.25, 0.3) is 5.69 Å². The number of piperidine rings is 1. The molecule has 2 aliphatic rings. The van der Waals surface area contributed by atoms with E-state index in [1.807, 2.05) is 18.7 Å². The van der Waals surface area contributed by atoms with E-state index < -0.39 is 0 Å². The lowest BCUT2D eigenvalue weighted by atomic mass is 9.77. The average Bonchev–Trinajstić information content (AvgIpc) is 3.38. The highest BCUT2D eigenvalue weighted by Gasteiger charge is 2.48. The van der Waals surface area contributed by atoms with Crippen LogP contribution in [-0.4, -0.2) is 60.8 Å². The summed E-state index contributed by atoms with van der Waals surface area (Å²) in [5.74, 6) is 0.453. The van der Waals surface area contributed by atoms with E-state index in [4.69, 9.17) is 4.52 Å². The van der Waals surface area contributed by atoms with Gasteiger partial charge in [-0.2, -0.15) is 0 Å². The number of hydrogen-bond acceptors (Lipinski definition) is 6. The Morgan fingerprint density at radius 2 is 2.13 bits per heavy atom. The van der Waals surface area contributed by atoms with Gasteiger partial charge in [0.15, 0.2) is 0 Å².